The molecule has 0 heterocycles. The van der Waals surface area contributed by atoms with Crippen molar-refractivity contribution < 1.29 is 19.0 Å². The third-order valence-corrected chi connectivity index (χ3v) is 5.64. The Morgan fingerprint density at radius 3 is 2.20 bits per heavy atom. The fourth-order valence-electron chi connectivity index (χ4n) is 4.08. The van der Waals surface area contributed by atoms with Gasteiger partial charge in [-0.3, -0.25) is 4.79 Å². The van der Waals surface area contributed by atoms with Gasteiger partial charge in [0.15, 0.2) is 6.29 Å². The van der Waals surface area contributed by atoms with E-state index in [1.807, 2.05) is 82.0 Å². The minimum absolute atomic E-state index is 0.0809. The van der Waals surface area contributed by atoms with Crippen LogP contribution in [0.5, 0.6) is 5.75 Å². The van der Waals surface area contributed by atoms with Crippen LogP contribution in [0.1, 0.15) is 52.2 Å². The minimum atomic E-state index is -0.447. The van der Waals surface area contributed by atoms with Crippen molar-refractivity contribution in [3.05, 3.63) is 77.9 Å². The first-order valence-corrected chi connectivity index (χ1v) is 12.5. The van der Waals surface area contributed by atoms with Gasteiger partial charge in [-0.25, -0.2) is 0 Å². The molecule has 0 atom stereocenters. The van der Waals surface area contributed by atoms with Crippen LogP contribution in [0.25, 0.3) is 10.8 Å². The molecule has 0 aromatic heterocycles. The SMILES string of the molecule is CCOC(CN(Cc1cccc2ccccc12)C(=O)CCc1ccc(OC(C)(C)C)cc1)OCC. The first kappa shape index (κ1) is 26.7. The van der Waals surface area contributed by atoms with Gasteiger partial charge in [-0.15, -0.1) is 0 Å². The molecular formula is C30H39NO4. The molecule has 3 rings (SSSR count). The molecule has 0 N–H and O–H groups in total. The summed E-state index contributed by atoms with van der Waals surface area (Å²) in [6, 6.07) is 22.5. The van der Waals surface area contributed by atoms with E-state index >= 15 is 0 Å². The van der Waals surface area contributed by atoms with E-state index < -0.39 is 6.29 Å². The molecule has 0 bridgehead atoms. The molecule has 1 amide bonds. The quantitative estimate of drug-likeness (QED) is 0.284. The molecule has 0 radical (unpaired) electrons. The number of nitrogens with zero attached hydrogens (tertiary/aromatic N) is 1. The van der Waals surface area contributed by atoms with Gasteiger partial charge in [0, 0.05) is 26.2 Å². The standard InChI is InChI=1S/C30H39NO4/c1-6-33-29(34-7-2)22-31(21-25-13-10-12-24-11-8-9-14-27(24)25)28(32)20-17-23-15-18-26(19-16-23)35-30(3,4)5/h8-16,18-19,29H,6-7,17,20-22H2,1-5H3. The summed E-state index contributed by atoms with van der Waals surface area (Å²) in [5.74, 6) is 0.916. The fourth-order valence-corrected chi connectivity index (χ4v) is 4.08. The molecule has 3 aromatic rings. The largest absolute Gasteiger partial charge is 0.488 e. The molecule has 0 fully saturated rings. The zero-order chi connectivity index (χ0) is 25.3. The maximum Gasteiger partial charge on any atom is 0.223 e. The van der Waals surface area contributed by atoms with Gasteiger partial charge in [0.25, 0.3) is 0 Å². The van der Waals surface area contributed by atoms with Gasteiger partial charge in [-0.05, 0) is 75.1 Å². The highest BCUT2D eigenvalue weighted by Crippen LogP contribution is 2.22. The third kappa shape index (κ3) is 8.37. The van der Waals surface area contributed by atoms with Crippen molar-refractivity contribution in [2.75, 3.05) is 19.8 Å². The molecule has 0 saturated heterocycles. The van der Waals surface area contributed by atoms with Crippen LogP contribution < -0.4 is 4.74 Å². The highest BCUT2D eigenvalue weighted by atomic mass is 16.7. The van der Waals surface area contributed by atoms with Crippen LogP contribution >= 0.6 is 0 Å². The van der Waals surface area contributed by atoms with Crippen LogP contribution in [0.15, 0.2) is 66.7 Å². The topological polar surface area (TPSA) is 48.0 Å². The Hall–Kier alpha value is -2.89. The minimum Gasteiger partial charge on any atom is -0.488 e. The second kappa shape index (κ2) is 12.7. The molecule has 0 aliphatic rings. The van der Waals surface area contributed by atoms with Crippen molar-refractivity contribution in [2.45, 2.75) is 65.9 Å². The predicted molar refractivity (Wildman–Crippen MR) is 142 cm³/mol. The zero-order valence-electron chi connectivity index (χ0n) is 21.8. The Kier molecular flexibility index (Phi) is 9.70. The van der Waals surface area contributed by atoms with Crippen molar-refractivity contribution in [1.82, 2.24) is 4.90 Å². The summed E-state index contributed by atoms with van der Waals surface area (Å²) >= 11 is 0. The molecule has 0 saturated carbocycles. The van der Waals surface area contributed by atoms with Crippen molar-refractivity contribution in [1.29, 1.82) is 0 Å². The molecule has 5 nitrogen and oxygen atoms in total. The lowest BCUT2D eigenvalue weighted by molar-refractivity contribution is -0.159. The number of carbonyl (C=O) groups is 1. The molecule has 0 unspecified atom stereocenters. The Bertz CT molecular complexity index is 1060. The van der Waals surface area contributed by atoms with E-state index in [1.165, 1.54) is 5.39 Å². The first-order valence-electron chi connectivity index (χ1n) is 12.5. The Balaban J connectivity index is 1.74. The van der Waals surface area contributed by atoms with E-state index in [4.69, 9.17) is 14.2 Å². The summed E-state index contributed by atoms with van der Waals surface area (Å²) < 4.78 is 17.5. The number of aryl methyl sites for hydroxylation is 1. The first-order chi connectivity index (χ1) is 16.8. The van der Waals surface area contributed by atoms with Gasteiger partial charge < -0.3 is 19.1 Å². The molecule has 3 aromatic carbocycles. The maximum absolute atomic E-state index is 13.4. The van der Waals surface area contributed by atoms with Crippen LogP contribution in [0, 0.1) is 0 Å². The Labute approximate surface area is 210 Å². The molecule has 5 heteroatoms. The van der Waals surface area contributed by atoms with E-state index in [9.17, 15) is 4.79 Å². The number of hydrogen-bond acceptors (Lipinski definition) is 4. The van der Waals surface area contributed by atoms with Crippen molar-refractivity contribution in [3.63, 3.8) is 0 Å². The van der Waals surface area contributed by atoms with E-state index in [1.54, 1.807) is 0 Å². The van der Waals surface area contributed by atoms with Crippen LogP contribution in [-0.4, -0.2) is 42.5 Å². The third-order valence-electron chi connectivity index (χ3n) is 5.64. The number of rotatable bonds is 12. The molecule has 188 valence electrons. The number of ether oxygens (including phenoxy) is 3. The lowest BCUT2D eigenvalue weighted by atomic mass is 10.0. The van der Waals surface area contributed by atoms with E-state index in [0.29, 0.717) is 39.1 Å². The highest BCUT2D eigenvalue weighted by Gasteiger charge is 2.21. The van der Waals surface area contributed by atoms with Gasteiger partial charge in [0.2, 0.25) is 5.91 Å². The van der Waals surface area contributed by atoms with Gasteiger partial charge in [0.1, 0.15) is 11.4 Å². The predicted octanol–water partition coefficient (Wildman–Crippen LogP) is 6.38. The van der Waals surface area contributed by atoms with Gasteiger partial charge in [0.05, 0.1) is 6.54 Å². The second-order valence-electron chi connectivity index (χ2n) is 9.61. The summed E-state index contributed by atoms with van der Waals surface area (Å²) in [5.41, 5.74) is 1.99. The van der Waals surface area contributed by atoms with Crippen LogP contribution in [-0.2, 0) is 27.2 Å². The lowest BCUT2D eigenvalue weighted by Crippen LogP contribution is -2.39. The van der Waals surface area contributed by atoms with E-state index in [0.717, 1.165) is 22.3 Å². The summed E-state index contributed by atoms with van der Waals surface area (Å²) in [7, 11) is 0. The lowest BCUT2D eigenvalue weighted by Gasteiger charge is -2.28. The Morgan fingerprint density at radius 2 is 1.54 bits per heavy atom. The van der Waals surface area contributed by atoms with Crippen LogP contribution in [0.2, 0.25) is 0 Å². The van der Waals surface area contributed by atoms with Crippen molar-refractivity contribution in [2.24, 2.45) is 0 Å². The molecule has 0 aliphatic heterocycles. The molecule has 0 aliphatic carbocycles. The molecular weight excluding hydrogens is 438 g/mol. The summed E-state index contributed by atoms with van der Waals surface area (Å²) in [4.78, 5) is 15.3. The maximum atomic E-state index is 13.4. The monoisotopic (exact) mass is 477 g/mol. The number of amides is 1. The Morgan fingerprint density at radius 1 is 0.886 bits per heavy atom. The highest BCUT2D eigenvalue weighted by molar-refractivity contribution is 5.86. The van der Waals surface area contributed by atoms with Gasteiger partial charge in [-0.2, -0.15) is 0 Å². The second-order valence-corrected chi connectivity index (χ2v) is 9.61. The zero-order valence-corrected chi connectivity index (χ0v) is 21.8. The summed E-state index contributed by atoms with van der Waals surface area (Å²) in [6.07, 6.45) is 0.627. The van der Waals surface area contributed by atoms with Crippen LogP contribution in [0.4, 0.5) is 0 Å². The van der Waals surface area contributed by atoms with Crippen molar-refractivity contribution >= 4 is 16.7 Å². The normalized spacial score (nSPS) is 11.7. The van der Waals surface area contributed by atoms with Gasteiger partial charge in [-0.1, -0.05) is 54.6 Å². The average Bonchev–Trinajstić information content (AvgIpc) is 2.82. The fraction of sp³-hybridized carbons (Fsp3) is 0.433. The summed E-state index contributed by atoms with van der Waals surface area (Å²) in [5, 5.41) is 2.33. The molecule has 0 spiro atoms. The number of benzene rings is 3. The van der Waals surface area contributed by atoms with E-state index in [-0.39, 0.29) is 11.5 Å². The van der Waals surface area contributed by atoms with E-state index in [2.05, 4.69) is 24.3 Å². The van der Waals surface area contributed by atoms with Gasteiger partial charge >= 0.3 is 0 Å². The van der Waals surface area contributed by atoms with Crippen molar-refractivity contribution in [3.8, 4) is 5.75 Å². The summed E-state index contributed by atoms with van der Waals surface area (Å²) in [6.45, 7) is 11.9. The smallest absolute Gasteiger partial charge is 0.223 e. The number of fused-ring (bicyclic) bond motifs is 1. The molecule has 35 heavy (non-hydrogen) atoms. The number of carbonyl (C=O) groups excluding carboxylic acids is 1. The van der Waals surface area contributed by atoms with Crippen LogP contribution in [0.3, 0.4) is 0 Å². The average molecular weight is 478 g/mol. The number of hydrogen-bond donors (Lipinski definition) is 0.